The van der Waals surface area contributed by atoms with E-state index in [9.17, 15) is 0 Å². The maximum absolute atomic E-state index is 6.18. The average Bonchev–Trinajstić information content (AvgIpc) is 2.72. The molecule has 0 radical (unpaired) electrons. The highest BCUT2D eigenvalue weighted by Crippen LogP contribution is 2.23. The van der Waals surface area contributed by atoms with Gasteiger partial charge >= 0.3 is 0 Å². The van der Waals surface area contributed by atoms with Crippen molar-refractivity contribution in [2.75, 3.05) is 13.2 Å². The van der Waals surface area contributed by atoms with Crippen LogP contribution in [0.3, 0.4) is 0 Å². The summed E-state index contributed by atoms with van der Waals surface area (Å²) in [4.78, 5) is 4.56. The molecule has 2 heterocycles. The largest absolute Gasteiger partial charge is 0.381 e. The van der Waals surface area contributed by atoms with Crippen LogP contribution in [0, 0.1) is 0 Å². The Morgan fingerprint density at radius 3 is 3.06 bits per heavy atom. The lowest BCUT2D eigenvalue weighted by atomic mass is 10.1. The molecular weight excluding hydrogens is 318 g/mol. The van der Waals surface area contributed by atoms with Gasteiger partial charge in [-0.25, -0.2) is 9.50 Å². The fourth-order valence-electron chi connectivity index (χ4n) is 1.66. The molecule has 1 atom stereocenters. The normalized spacial score (nSPS) is 13.1. The number of rotatable bonds is 5. The predicted octanol–water partition coefficient (Wildman–Crippen LogP) is 3.68. The van der Waals surface area contributed by atoms with Crippen LogP contribution in [0.2, 0.25) is 5.15 Å². The minimum absolute atomic E-state index is 0.209. The number of ether oxygens (including phenoxy) is 1. The van der Waals surface area contributed by atoms with Crippen molar-refractivity contribution in [3.8, 4) is 0 Å². The molecule has 2 aromatic rings. The molecule has 1 unspecified atom stereocenters. The molecule has 0 spiro atoms. The van der Waals surface area contributed by atoms with E-state index in [0.717, 1.165) is 28.8 Å². The zero-order valence-corrected chi connectivity index (χ0v) is 12.7. The number of hydrogen-bond acceptors (Lipinski definition) is 3. The summed E-state index contributed by atoms with van der Waals surface area (Å²) >= 11 is 9.59. The smallest absolute Gasteiger partial charge is 0.171 e. The van der Waals surface area contributed by atoms with Crippen LogP contribution in [0.1, 0.15) is 31.9 Å². The van der Waals surface area contributed by atoms with E-state index in [1.54, 1.807) is 10.7 Å². The van der Waals surface area contributed by atoms with Crippen molar-refractivity contribution in [1.82, 2.24) is 14.6 Å². The second kappa shape index (κ2) is 5.99. The van der Waals surface area contributed by atoms with Gasteiger partial charge in [0.15, 0.2) is 5.65 Å². The van der Waals surface area contributed by atoms with Crippen molar-refractivity contribution in [3.05, 3.63) is 27.6 Å². The Balaban J connectivity index is 2.25. The number of halogens is 2. The lowest BCUT2D eigenvalue weighted by Crippen LogP contribution is -2.08. The SMILES string of the molecule is CCCOCC(C)c1cc(Cl)n2ncc(Br)c2n1. The third-order valence-corrected chi connectivity index (χ3v) is 3.45. The molecule has 0 aliphatic rings. The fraction of sp³-hybridized carbons (Fsp3) is 0.500. The molecule has 0 amide bonds. The van der Waals surface area contributed by atoms with Crippen LogP contribution in [0.25, 0.3) is 5.65 Å². The molecule has 0 N–H and O–H groups in total. The van der Waals surface area contributed by atoms with Crippen LogP contribution in [-0.4, -0.2) is 27.8 Å². The van der Waals surface area contributed by atoms with Gasteiger partial charge in [-0.05, 0) is 28.4 Å². The highest BCUT2D eigenvalue weighted by molar-refractivity contribution is 9.10. The van der Waals surface area contributed by atoms with E-state index in [-0.39, 0.29) is 5.92 Å². The predicted molar refractivity (Wildman–Crippen MR) is 75.2 cm³/mol. The molecule has 4 nitrogen and oxygen atoms in total. The second-order valence-electron chi connectivity index (χ2n) is 4.21. The Morgan fingerprint density at radius 2 is 2.33 bits per heavy atom. The van der Waals surface area contributed by atoms with Crippen molar-refractivity contribution in [3.63, 3.8) is 0 Å². The maximum atomic E-state index is 6.18. The van der Waals surface area contributed by atoms with Crippen LogP contribution in [0.4, 0.5) is 0 Å². The number of aromatic nitrogens is 3. The monoisotopic (exact) mass is 331 g/mol. The molecule has 0 bridgehead atoms. The summed E-state index contributed by atoms with van der Waals surface area (Å²) in [5.74, 6) is 0.209. The second-order valence-corrected chi connectivity index (χ2v) is 5.45. The highest BCUT2D eigenvalue weighted by Gasteiger charge is 2.13. The summed E-state index contributed by atoms with van der Waals surface area (Å²) in [7, 11) is 0. The number of hydrogen-bond donors (Lipinski definition) is 0. The first-order valence-corrected chi connectivity index (χ1v) is 7.08. The fourth-order valence-corrected chi connectivity index (χ4v) is 2.24. The quantitative estimate of drug-likeness (QED) is 0.619. The van der Waals surface area contributed by atoms with Crippen LogP contribution in [0.15, 0.2) is 16.7 Å². The van der Waals surface area contributed by atoms with Gasteiger partial charge in [0.1, 0.15) is 5.15 Å². The van der Waals surface area contributed by atoms with E-state index in [1.165, 1.54) is 0 Å². The Morgan fingerprint density at radius 1 is 1.56 bits per heavy atom. The maximum Gasteiger partial charge on any atom is 0.171 e. The minimum Gasteiger partial charge on any atom is -0.381 e. The molecule has 98 valence electrons. The zero-order chi connectivity index (χ0) is 13.1. The van der Waals surface area contributed by atoms with Crippen molar-refractivity contribution >= 4 is 33.2 Å². The molecular formula is C12H15BrClN3O. The van der Waals surface area contributed by atoms with Gasteiger partial charge in [0.25, 0.3) is 0 Å². The average molecular weight is 333 g/mol. The first-order valence-electron chi connectivity index (χ1n) is 5.91. The molecule has 0 aliphatic heterocycles. The molecule has 2 aromatic heterocycles. The van der Waals surface area contributed by atoms with Crippen LogP contribution >= 0.6 is 27.5 Å². The molecule has 0 saturated carbocycles. The van der Waals surface area contributed by atoms with Gasteiger partial charge in [0, 0.05) is 12.5 Å². The van der Waals surface area contributed by atoms with E-state index in [4.69, 9.17) is 16.3 Å². The standard InChI is InChI=1S/C12H15BrClN3O/c1-3-4-18-7-8(2)10-5-11(14)17-12(16-10)9(13)6-15-17/h5-6,8H,3-4,7H2,1-2H3. The summed E-state index contributed by atoms with van der Waals surface area (Å²) < 4.78 is 7.99. The molecule has 18 heavy (non-hydrogen) atoms. The summed E-state index contributed by atoms with van der Waals surface area (Å²) in [6, 6.07) is 1.84. The van der Waals surface area contributed by atoms with Gasteiger partial charge in [-0.2, -0.15) is 5.10 Å². The first kappa shape index (κ1) is 13.8. The van der Waals surface area contributed by atoms with Gasteiger partial charge in [0.2, 0.25) is 0 Å². The van der Waals surface area contributed by atoms with Gasteiger partial charge in [-0.15, -0.1) is 0 Å². The van der Waals surface area contributed by atoms with E-state index < -0.39 is 0 Å². The third-order valence-electron chi connectivity index (χ3n) is 2.63. The highest BCUT2D eigenvalue weighted by atomic mass is 79.9. The Hall–Kier alpha value is -0.650. The molecule has 2 rings (SSSR count). The van der Waals surface area contributed by atoms with E-state index >= 15 is 0 Å². The Labute approximate surface area is 119 Å². The van der Waals surface area contributed by atoms with E-state index in [2.05, 4.69) is 39.9 Å². The van der Waals surface area contributed by atoms with Crippen molar-refractivity contribution in [2.24, 2.45) is 0 Å². The topological polar surface area (TPSA) is 39.4 Å². The van der Waals surface area contributed by atoms with Crippen molar-refractivity contribution in [1.29, 1.82) is 0 Å². The van der Waals surface area contributed by atoms with Gasteiger partial charge in [-0.3, -0.25) is 0 Å². The summed E-state index contributed by atoms with van der Waals surface area (Å²) in [5.41, 5.74) is 1.66. The summed E-state index contributed by atoms with van der Waals surface area (Å²) in [5, 5.41) is 4.70. The molecule has 0 aliphatic carbocycles. The van der Waals surface area contributed by atoms with Gasteiger partial charge in [-0.1, -0.05) is 25.4 Å². The Kier molecular flexibility index (Phi) is 4.59. The van der Waals surface area contributed by atoms with Gasteiger partial charge < -0.3 is 4.74 Å². The van der Waals surface area contributed by atoms with Crippen molar-refractivity contribution < 1.29 is 4.74 Å². The number of nitrogens with zero attached hydrogens (tertiary/aromatic N) is 3. The first-order chi connectivity index (χ1) is 8.63. The molecule has 0 saturated heterocycles. The molecule has 0 aromatic carbocycles. The van der Waals surface area contributed by atoms with Crippen LogP contribution in [0.5, 0.6) is 0 Å². The molecule has 6 heteroatoms. The van der Waals surface area contributed by atoms with Crippen molar-refractivity contribution in [2.45, 2.75) is 26.2 Å². The van der Waals surface area contributed by atoms with E-state index in [0.29, 0.717) is 11.8 Å². The summed E-state index contributed by atoms with van der Waals surface area (Å²) in [6.45, 7) is 5.60. The minimum atomic E-state index is 0.209. The summed E-state index contributed by atoms with van der Waals surface area (Å²) in [6.07, 6.45) is 2.71. The zero-order valence-electron chi connectivity index (χ0n) is 10.4. The lowest BCUT2D eigenvalue weighted by molar-refractivity contribution is 0.123. The van der Waals surface area contributed by atoms with E-state index in [1.807, 2.05) is 6.07 Å². The number of fused-ring (bicyclic) bond motifs is 1. The molecule has 0 fully saturated rings. The van der Waals surface area contributed by atoms with Gasteiger partial charge in [0.05, 0.1) is 23.0 Å². The third kappa shape index (κ3) is 2.84. The van der Waals surface area contributed by atoms with Crippen LogP contribution < -0.4 is 0 Å². The van der Waals surface area contributed by atoms with Crippen LogP contribution in [-0.2, 0) is 4.74 Å². The lowest BCUT2D eigenvalue weighted by Gasteiger charge is -2.12. The Bertz CT molecular complexity index is 543.